The molecule has 21 N–H and O–H groups in total. The van der Waals surface area contributed by atoms with Crippen LogP contribution in [-0.4, -0.2) is 160 Å². The second-order valence-electron chi connectivity index (χ2n) is 17.9. The van der Waals surface area contributed by atoms with Gasteiger partial charge in [0.05, 0.1) is 38.1 Å². The Morgan fingerprint density at radius 2 is 0.936 bits per heavy atom. The number of carbonyl (C=O) groups is 11. The third-order valence-corrected chi connectivity index (χ3v) is 11.4. The minimum atomic E-state index is -1.89. The van der Waals surface area contributed by atoms with Crippen LogP contribution in [0.1, 0.15) is 49.3 Å². The van der Waals surface area contributed by atoms with Crippen molar-refractivity contribution in [1.82, 2.24) is 42.5 Å². The van der Waals surface area contributed by atoms with Crippen molar-refractivity contribution in [2.45, 2.75) is 106 Å². The number of aliphatic hydroxyl groups excluding tert-OH is 2. The molecule has 0 saturated carbocycles. The number of aliphatic carboxylic acids is 1. The molecule has 0 aliphatic heterocycles. The van der Waals surface area contributed by atoms with Gasteiger partial charge in [-0.3, -0.25) is 52.9 Å². The Kier molecular flexibility index (Phi) is 26.3. The van der Waals surface area contributed by atoms with Crippen molar-refractivity contribution in [3.63, 3.8) is 0 Å². The maximum absolute atomic E-state index is 14.1. The monoisotopic (exact) mass is 1090 g/mol. The number of hydrogen-bond acceptors (Lipinski definition) is 15. The van der Waals surface area contributed by atoms with Gasteiger partial charge in [-0.15, -0.1) is 0 Å². The molecule has 0 fully saturated rings. The van der Waals surface area contributed by atoms with Gasteiger partial charge in [-0.2, -0.15) is 0 Å². The highest BCUT2D eigenvalue weighted by molar-refractivity contribution is 5.99. The van der Waals surface area contributed by atoms with E-state index in [9.17, 15) is 68.1 Å². The van der Waals surface area contributed by atoms with Crippen molar-refractivity contribution < 1.29 is 68.1 Å². The Morgan fingerprint density at radius 1 is 0.513 bits per heavy atom. The van der Waals surface area contributed by atoms with Gasteiger partial charge in [0.15, 0.2) is 5.96 Å². The lowest BCUT2D eigenvalue weighted by Crippen LogP contribution is -2.62. The summed E-state index contributed by atoms with van der Waals surface area (Å²) in [7, 11) is 0. The van der Waals surface area contributed by atoms with E-state index >= 15 is 0 Å². The van der Waals surface area contributed by atoms with E-state index in [-0.39, 0.29) is 44.6 Å². The molecule has 3 rings (SSSR count). The predicted octanol–water partition coefficient (Wildman–Crippen LogP) is -6.19. The highest BCUT2D eigenvalue weighted by Gasteiger charge is 2.35. The lowest BCUT2D eigenvalue weighted by molar-refractivity contribution is -0.142. The molecule has 0 spiro atoms. The first-order valence-electron chi connectivity index (χ1n) is 24.4. The van der Waals surface area contributed by atoms with Crippen LogP contribution in [0.4, 0.5) is 0 Å². The molecule has 28 heteroatoms. The average molecular weight is 1090 g/mol. The molecule has 422 valence electrons. The minimum absolute atomic E-state index is 0.0255. The Balaban J connectivity index is 1.77. The molecule has 0 aliphatic rings. The number of benzene rings is 3. The molecule has 0 heterocycles. The van der Waals surface area contributed by atoms with E-state index in [0.29, 0.717) is 16.7 Å². The molecule has 0 saturated heterocycles. The molecule has 0 unspecified atom stereocenters. The molecule has 3 aromatic carbocycles. The SMILES string of the molecule is C[C@@H](O)[C@H](NC(=O)[C@@H](N)Cc1ccccc1)C(=O)N[C@@H](CO)C(=O)N[C@@H](CC(N)=O)C(=O)N[C@@H](Cc1ccccc1)C(=O)N[C@@H](CC(N)=O)C(=O)NCC(=O)N[C@@H](CCCN=C(N)N)C(=O)N[C@@H](Cc1ccccc1)C(=O)O. The summed E-state index contributed by atoms with van der Waals surface area (Å²) in [5, 5.41) is 48.8. The van der Waals surface area contributed by atoms with Crippen molar-refractivity contribution in [2.75, 3.05) is 19.7 Å². The van der Waals surface area contributed by atoms with E-state index in [1.807, 2.05) is 0 Å². The third-order valence-electron chi connectivity index (χ3n) is 11.4. The maximum atomic E-state index is 14.1. The number of hydrogen-bond donors (Lipinski definition) is 16. The van der Waals surface area contributed by atoms with Crippen molar-refractivity contribution in [3.8, 4) is 0 Å². The number of carboxylic acid groups (broad SMARTS) is 1. The molecule has 3 aromatic rings. The van der Waals surface area contributed by atoms with Crippen LogP contribution >= 0.6 is 0 Å². The van der Waals surface area contributed by atoms with Gasteiger partial charge >= 0.3 is 5.97 Å². The molecule has 28 nitrogen and oxygen atoms in total. The number of carboxylic acids is 1. The van der Waals surface area contributed by atoms with Crippen LogP contribution in [0.2, 0.25) is 0 Å². The molecule has 10 amide bonds. The zero-order chi connectivity index (χ0) is 57.9. The first-order chi connectivity index (χ1) is 37.0. The van der Waals surface area contributed by atoms with Crippen molar-refractivity contribution in [2.24, 2.45) is 33.7 Å². The lowest BCUT2D eigenvalue weighted by atomic mass is 10.0. The molecule has 78 heavy (non-hydrogen) atoms. The summed E-state index contributed by atoms with van der Waals surface area (Å²) in [4.78, 5) is 149. The number of rotatable bonds is 33. The standard InChI is InChI=1S/C50H68N14O14/c1-27(66)41(64-42(70)31(51)20-28-12-5-2-6-13-28)48(76)63-37(26-65)47(75)61-35(24-39(53)68)46(74)59-33(21-29-14-7-3-8-15-29)45(73)60-34(23-38(52)67)43(71)57-25-40(69)58-32(18-11-19-56-50(54)55)44(72)62-36(49(77)78)22-30-16-9-4-10-17-30/h2-10,12-17,27,31-37,41,65-66H,11,18-26,51H2,1H3,(H2,52,67)(H2,53,68)(H,57,71)(H,58,69)(H,59,74)(H,60,73)(H,61,75)(H,62,72)(H,63,76)(H,64,70)(H,77,78)(H4,54,55,56)/t27-,31+,32+,33+,34+,35+,36+,37+,41+/m1/s1. The van der Waals surface area contributed by atoms with Crippen molar-refractivity contribution in [1.29, 1.82) is 0 Å². The van der Waals surface area contributed by atoms with Gasteiger partial charge in [-0.1, -0.05) is 91.0 Å². The molecule has 0 bridgehead atoms. The van der Waals surface area contributed by atoms with Gasteiger partial charge in [0, 0.05) is 19.4 Å². The number of carbonyl (C=O) groups excluding carboxylic acids is 10. The second kappa shape index (κ2) is 32.4. The number of nitrogens with zero attached hydrogens (tertiary/aromatic N) is 1. The Morgan fingerprint density at radius 3 is 1.41 bits per heavy atom. The van der Waals surface area contributed by atoms with E-state index < -0.39 is 145 Å². The largest absolute Gasteiger partial charge is 0.480 e. The summed E-state index contributed by atoms with van der Waals surface area (Å²) in [5.74, 6) is -12.5. The maximum Gasteiger partial charge on any atom is 0.326 e. The molecular weight excluding hydrogens is 1020 g/mol. The quantitative estimate of drug-likeness (QED) is 0.0153. The lowest BCUT2D eigenvalue weighted by Gasteiger charge is -2.27. The first kappa shape index (κ1) is 63.3. The topological polar surface area (TPSA) is 487 Å². The molecule has 9 atom stereocenters. The smallest absolute Gasteiger partial charge is 0.326 e. The average Bonchev–Trinajstić information content (AvgIpc) is 3.39. The number of aliphatic hydroxyl groups is 2. The van der Waals surface area contributed by atoms with Gasteiger partial charge in [-0.25, -0.2) is 4.79 Å². The second-order valence-corrected chi connectivity index (χ2v) is 17.9. The Labute approximate surface area is 447 Å². The molecule has 0 radical (unpaired) electrons. The van der Waals surface area contributed by atoms with Crippen molar-refractivity contribution >= 4 is 71.0 Å². The number of nitrogens with one attached hydrogen (secondary N) is 8. The fourth-order valence-corrected chi connectivity index (χ4v) is 7.41. The van der Waals surface area contributed by atoms with Gasteiger partial charge in [-0.05, 0) is 42.9 Å². The zero-order valence-corrected chi connectivity index (χ0v) is 42.6. The van der Waals surface area contributed by atoms with Gasteiger partial charge in [0.1, 0.15) is 42.3 Å². The van der Waals surface area contributed by atoms with E-state index in [4.69, 9.17) is 28.7 Å². The van der Waals surface area contributed by atoms with Crippen molar-refractivity contribution in [3.05, 3.63) is 108 Å². The minimum Gasteiger partial charge on any atom is -0.480 e. The van der Waals surface area contributed by atoms with Crippen LogP contribution in [-0.2, 0) is 72.0 Å². The van der Waals surface area contributed by atoms with E-state index in [2.05, 4.69) is 47.5 Å². The van der Waals surface area contributed by atoms with E-state index in [1.54, 1.807) is 91.0 Å². The van der Waals surface area contributed by atoms with Gasteiger partial charge in [0.25, 0.3) is 0 Å². The summed E-state index contributed by atoms with van der Waals surface area (Å²) < 4.78 is 0. The number of nitrogens with two attached hydrogens (primary N) is 5. The number of primary amides is 2. The van der Waals surface area contributed by atoms with Gasteiger partial charge < -0.3 is 86.5 Å². The summed E-state index contributed by atoms with van der Waals surface area (Å²) in [5.41, 5.74) is 29.4. The first-order valence-corrected chi connectivity index (χ1v) is 24.4. The van der Waals surface area contributed by atoms with Crippen LogP contribution in [0.3, 0.4) is 0 Å². The Hall–Kier alpha value is -9.02. The normalized spacial score (nSPS) is 14.3. The zero-order valence-electron chi connectivity index (χ0n) is 42.6. The fraction of sp³-hybridized carbons (Fsp3) is 0.400. The third kappa shape index (κ3) is 22.8. The molecule has 0 aromatic heterocycles. The van der Waals surface area contributed by atoms with Crippen LogP contribution in [0.5, 0.6) is 0 Å². The van der Waals surface area contributed by atoms with E-state index in [0.717, 1.165) is 6.92 Å². The summed E-state index contributed by atoms with van der Waals surface area (Å²) in [6.07, 6.45) is -3.64. The molecular formula is C50H68N14O14. The number of aliphatic imine (C=N–C) groups is 1. The highest BCUT2D eigenvalue weighted by Crippen LogP contribution is 2.09. The fourth-order valence-electron chi connectivity index (χ4n) is 7.41. The summed E-state index contributed by atoms with van der Waals surface area (Å²) in [6.45, 7) is -0.786. The molecule has 0 aliphatic carbocycles. The summed E-state index contributed by atoms with van der Waals surface area (Å²) in [6, 6.07) is 12.1. The summed E-state index contributed by atoms with van der Waals surface area (Å²) >= 11 is 0. The predicted molar refractivity (Wildman–Crippen MR) is 279 cm³/mol. The number of amides is 10. The van der Waals surface area contributed by atoms with Crippen LogP contribution in [0.25, 0.3) is 0 Å². The van der Waals surface area contributed by atoms with Crippen LogP contribution in [0.15, 0.2) is 96.0 Å². The van der Waals surface area contributed by atoms with Crippen LogP contribution < -0.4 is 71.2 Å². The van der Waals surface area contributed by atoms with Crippen LogP contribution in [0, 0.1) is 0 Å². The van der Waals surface area contributed by atoms with Gasteiger partial charge in [0.2, 0.25) is 59.1 Å². The highest BCUT2D eigenvalue weighted by atomic mass is 16.4. The number of guanidine groups is 1. The Bertz CT molecular complexity index is 2570. The van der Waals surface area contributed by atoms with E-state index in [1.165, 1.54) is 0 Å².